The van der Waals surface area contributed by atoms with Crippen molar-refractivity contribution in [1.29, 1.82) is 0 Å². The van der Waals surface area contributed by atoms with Crippen LogP contribution in [0.4, 0.5) is 22.0 Å². The number of halogens is 5. The van der Waals surface area contributed by atoms with Crippen LogP contribution in [0.3, 0.4) is 0 Å². The molecule has 0 spiro atoms. The molecular weight excluding hydrogens is 445 g/mol. The summed E-state index contributed by atoms with van der Waals surface area (Å²) in [5.41, 5.74) is -0.627. The largest absolute Gasteiger partial charge is 0.359 e. The van der Waals surface area contributed by atoms with E-state index in [0.29, 0.717) is 5.69 Å². The quantitative estimate of drug-likeness (QED) is 0.276. The summed E-state index contributed by atoms with van der Waals surface area (Å²) in [5.74, 6) is -5.14. The van der Waals surface area contributed by atoms with Crippen molar-refractivity contribution >= 4 is 0 Å². The summed E-state index contributed by atoms with van der Waals surface area (Å²) in [4.78, 5) is 8.32. The standard InChI is InChI=1S/C22H12F5N5O/c1-10-15(24)8-13(20(27)18(10)25)17-7-11(33-31-17)9-32-6-5-16-22(30-32)29-21(28-16)12-3-2-4-14(23)19(12)26/h2-8H,9H2,1H3. The van der Waals surface area contributed by atoms with Crippen LogP contribution in [0.1, 0.15) is 11.3 Å². The molecule has 0 aliphatic carbocycles. The van der Waals surface area contributed by atoms with Gasteiger partial charge in [-0.25, -0.2) is 31.9 Å². The maximum absolute atomic E-state index is 14.2. The Kier molecular flexibility index (Phi) is 4.88. The molecule has 6 nitrogen and oxygen atoms in total. The zero-order chi connectivity index (χ0) is 23.3. The first-order valence-corrected chi connectivity index (χ1v) is 9.57. The number of nitrogens with zero attached hydrogens (tertiary/aromatic N) is 5. The van der Waals surface area contributed by atoms with Gasteiger partial charge >= 0.3 is 0 Å². The van der Waals surface area contributed by atoms with E-state index in [1.165, 1.54) is 29.1 Å². The van der Waals surface area contributed by atoms with Crippen molar-refractivity contribution in [2.45, 2.75) is 13.5 Å². The molecule has 2 aliphatic rings. The Balaban J connectivity index is 1.44. The molecule has 0 N–H and O–H groups in total. The zero-order valence-corrected chi connectivity index (χ0v) is 16.8. The Hall–Kier alpha value is -4.15. The molecule has 2 aliphatic heterocycles. The van der Waals surface area contributed by atoms with Crippen LogP contribution >= 0.6 is 0 Å². The van der Waals surface area contributed by atoms with Gasteiger partial charge in [0.2, 0.25) is 0 Å². The minimum atomic E-state index is -1.30. The molecule has 0 saturated carbocycles. The normalized spacial score (nSPS) is 11.5. The molecule has 33 heavy (non-hydrogen) atoms. The number of imidazole rings is 1. The topological polar surface area (TPSA) is 69.6 Å². The molecular formula is C22H12F5N5O. The van der Waals surface area contributed by atoms with E-state index >= 15 is 0 Å². The minimum Gasteiger partial charge on any atom is -0.359 e. The highest BCUT2D eigenvalue weighted by atomic mass is 19.2. The third-order valence-electron chi connectivity index (χ3n) is 5.03. The van der Waals surface area contributed by atoms with Gasteiger partial charge in [-0.05, 0) is 31.2 Å². The van der Waals surface area contributed by atoms with Gasteiger partial charge in [-0.2, -0.15) is 5.10 Å². The van der Waals surface area contributed by atoms with Crippen LogP contribution in [-0.2, 0) is 6.54 Å². The van der Waals surface area contributed by atoms with E-state index in [9.17, 15) is 22.0 Å². The highest BCUT2D eigenvalue weighted by Gasteiger charge is 2.21. The van der Waals surface area contributed by atoms with Crippen LogP contribution in [0, 0.1) is 36.0 Å². The predicted molar refractivity (Wildman–Crippen MR) is 105 cm³/mol. The molecule has 0 amide bonds. The van der Waals surface area contributed by atoms with Gasteiger partial charge in [-0.3, -0.25) is 4.68 Å². The summed E-state index contributed by atoms with van der Waals surface area (Å²) in [7, 11) is 0. The molecule has 0 fully saturated rings. The first-order valence-electron chi connectivity index (χ1n) is 9.57. The van der Waals surface area contributed by atoms with Crippen molar-refractivity contribution in [3.8, 4) is 34.2 Å². The SMILES string of the molecule is Cc1c(F)cc(-c2cc(Cn3ccc4nc(-c5cccc(F)c5F)nc-4n3)on2)c(F)c1F. The monoisotopic (exact) mass is 457 g/mol. The molecule has 0 bridgehead atoms. The van der Waals surface area contributed by atoms with Gasteiger partial charge in [0.1, 0.15) is 23.7 Å². The summed E-state index contributed by atoms with van der Waals surface area (Å²) in [6.07, 6.45) is 1.54. The third-order valence-corrected chi connectivity index (χ3v) is 5.03. The van der Waals surface area contributed by atoms with Crippen LogP contribution in [0.15, 0.2) is 47.1 Å². The van der Waals surface area contributed by atoms with E-state index in [2.05, 4.69) is 20.2 Å². The summed E-state index contributed by atoms with van der Waals surface area (Å²) in [5, 5.41) is 7.94. The molecule has 5 rings (SSSR count). The number of hydrogen-bond acceptors (Lipinski definition) is 5. The summed E-state index contributed by atoms with van der Waals surface area (Å²) in [6, 6.07) is 7.43. The maximum Gasteiger partial charge on any atom is 0.200 e. The van der Waals surface area contributed by atoms with Gasteiger partial charge in [0.05, 0.1) is 5.56 Å². The number of rotatable bonds is 4. The van der Waals surface area contributed by atoms with Gasteiger partial charge in [-0.1, -0.05) is 11.2 Å². The molecule has 0 saturated heterocycles. The van der Waals surface area contributed by atoms with Crippen LogP contribution in [0.5, 0.6) is 0 Å². The molecule has 0 atom stereocenters. The Morgan fingerprint density at radius 3 is 2.45 bits per heavy atom. The smallest absolute Gasteiger partial charge is 0.200 e. The summed E-state index contributed by atoms with van der Waals surface area (Å²) >= 11 is 0. The Bertz CT molecular complexity index is 1480. The first-order chi connectivity index (χ1) is 15.8. The van der Waals surface area contributed by atoms with Crippen molar-refractivity contribution in [3.05, 3.63) is 83.0 Å². The maximum atomic E-state index is 14.2. The molecule has 11 heteroatoms. The van der Waals surface area contributed by atoms with E-state index in [1.54, 1.807) is 6.07 Å². The fourth-order valence-corrected chi connectivity index (χ4v) is 3.28. The van der Waals surface area contributed by atoms with E-state index in [1.807, 2.05) is 0 Å². The second-order valence-electron chi connectivity index (χ2n) is 7.21. The third kappa shape index (κ3) is 3.60. The zero-order valence-electron chi connectivity index (χ0n) is 16.8. The lowest BCUT2D eigenvalue weighted by Gasteiger charge is -2.04. The van der Waals surface area contributed by atoms with Gasteiger partial charge in [0.25, 0.3) is 0 Å². The molecule has 2 aromatic carbocycles. The number of fused-ring (bicyclic) bond motifs is 1. The Morgan fingerprint density at radius 1 is 0.818 bits per heavy atom. The van der Waals surface area contributed by atoms with Gasteiger partial charge in [0, 0.05) is 23.4 Å². The van der Waals surface area contributed by atoms with E-state index in [0.717, 1.165) is 19.1 Å². The van der Waals surface area contributed by atoms with Crippen LogP contribution in [0.25, 0.3) is 34.2 Å². The van der Waals surface area contributed by atoms with Gasteiger partial charge in [-0.15, -0.1) is 0 Å². The van der Waals surface area contributed by atoms with Gasteiger partial charge < -0.3 is 4.52 Å². The van der Waals surface area contributed by atoms with Crippen molar-refractivity contribution in [2.24, 2.45) is 0 Å². The molecule has 0 radical (unpaired) electrons. The average molecular weight is 457 g/mol. The van der Waals surface area contributed by atoms with E-state index < -0.39 is 34.6 Å². The highest BCUT2D eigenvalue weighted by Crippen LogP contribution is 2.29. The van der Waals surface area contributed by atoms with Crippen molar-refractivity contribution < 1.29 is 26.5 Å². The lowest BCUT2D eigenvalue weighted by molar-refractivity contribution is 0.371. The molecule has 0 unspecified atom stereocenters. The van der Waals surface area contributed by atoms with Crippen molar-refractivity contribution in [3.63, 3.8) is 0 Å². The predicted octanol–water partition coefficient (Wildman–Crippen LogP) is 5.15. The number of benzene rings is 2. The van der Waals surface area contributed by atoms with Crippen LogP contribution < -0.4 is 0 Å². The fourth-order valence-electron chi connectivity index (χ4n) is 3.28. The van der Waals surface area contributed by atoms with Crippen LogP contribution in [0.2, 0.25) is 0 Å². The highest BCUT2D eigenvalue weighted by molar-refractivity contribution is 5.64. The van der Waals surface area contributed by atoms with Crippen molar-refractivity contribution in [2.75, 3.05) is 0 Å². The Labute approximate surface area is 182 Å². The minimum absolute atomic E-state index is 0.0203. The number of hydrogen-bond donors (Lipinski definition) is 0. The Morgan fingerprint density at radius 2 is 1.64 bits per heavy atom. The second kappa shape index (κ2) is 7.76. The lowest BCUT2D eigenvalue weighted by atomic mass is 10.1. The van der Waals surface area contributed by atoms with Crippen molar-refractivity contribution in [1.82, 2.24) is 24.9 Å². The molecule has 3 heterocycles. The van der Waals surface area contributed by atoms with Crippen LogP contribution in [-0.4, -0.2) is 24.9 Å². The fraction of sp³-hybridized carbons (Fsp3) is 0.0909. The average Bonchev–Trinajstić information content (AvgIpc) is 3.43. The van der Waals surface area contributed by atoms with E-state index in [-0.39, 0.29) is 40.8 Å². The summed E-state index contributed by atoms with van der Waals surface area (Å²) in [6.45, 7) is 1.16. The molecule has 1 aromatic heterocycles. The lowest BCUT2D eigenvalue weighted by Crippen LogP contribution is -2.05. The van der Waals surface area contributed by atoms with E-state index in [4.69, 9.17) is 4.52 Å². The molecule has 166 valence electrons. The molecule has 3 aromatic rings. The summed E-state index contributed by atoms with van der Waals surface area (Å²) < 4.78 is 76.1. The number of aromatic nitrogens is 5. The first kappa shape index (κ1) is 20.7. The second-order valence-corrected chi connectivity index (χ2v) is 7.21. The van der Waals surface area contributed by atoms with Gasteiger partial charge in [0.15, 0.2) is 40.7 Å².